The Balaban J connectivity index is 1.56. The molecule has 3 rings (SSSR count). The highest BCUT2D eigenvalue weighted by Crippen LogP contribution is 2.31. The van der Waals surface area contributed by atoms with Gasteiger partial charge in [-0.1, -0.05) is 0 Å². The lowest BCUT2D eigenvalue weighted by atomic mass is 10.1. The summed E-state index contributed by atoms with van der Waals surface area (Å²) in [6, 6.07) is 0. The van der Waals surface area contributed by atoms with E-state index in [9.17, 15) is 0 Å². The van der Waals surface area contributed by atoms with Crippen molar-refractivity contribution in [1.82, 2.24) is 20.2 Å². The molecular formula is C18H28N4OS. The third kappa shape index (κ3) is 3.94. The SMILES string of the molecule is Cc1nc(C)c2c(C)c(CNCCN3C[C@@H](C)O[C@H](C)C3)sc2n1. The van der Waals surface area contributed by atoms with Crippen LogP contribution in [0.15, 0.2) is 0 Å². The number of nitrogens with one attached hydrogen (secondary N) is 1. The Hall–Kier alpha value is -1.08. The lowest BCUT2D eigenvalue weighted by Gasteiger charge is -2.35. The summed E-state index contributed by atoms with van der Waals surface area (Å²) in [5.41, 5.74) is 2.42. The first-order valence-corrected chi connectivity index (χ1v) is 9.57. The third-order valence-electron chi connectivity index (χ3n) is 4.57. The van der Waals surface area contributed by atoms with Gasteiger partial charge >= 0.3 is 0 Å². The quantitative estimate of drug-likeness (QED) is 0.842. The minimum Gasteiger partial charge on any atom is -0.373 e. The molecule has 2 aromatic heterocycles. The lowest BCUT2D eigenvalue weighted by Crippen LogP contribution is -2.47. The zero-order chi connectivity index (χ0) is 17.3. The number of hydrogen-bond donors (Lipinski definition) is 1. The maximum absolute atomic E-state index is 5.79. The number of rotatable bonds is 5. The van der Waals surface area contributed by atoms with Gasteiger partial charge in [0.25, 0.3) is 0 Å². The number of morpholine rings is 1. The van der Waals surface area contributed by atoms with Crippen LogP contribution in [0.5, 0.6) is 0 Å². The molecule has 1 aliphatic rings. The molecule has 2 atom stereocenters. The molecule has 0 spiro atoms. The Kier molecular flexibility index (Phi) is 5.49. The summed E-state index contributed by atoms with van der Waals surface area (Å²) in [6.07, 6.45) is 0.673. The Labute approximate surface area is 148 Å². The summed E-state index contributed by atoms with van der Waals surface area (Å²) in [7, 11) is 0. The van der Waals surface area contributed by atoms with Gasteiger partial charge in [-0.25, -0.2) is 9.97 Å². The number of nitrogens with zero attached hydrogens (tertiary/aromatic N) is 3. The molecule has 0 unspecified atom stereocenters. The van der Waals surface area contributed by atoms with Crippen LogP contribution in [0.4, 0.5) is 0 Å². The average molecular weight is 349 g/mol. The number of hydrogen-bond acceptors (Lipinski definition) is 6. The predicted molar refractivity (Wildman–Crippen MR) is 99.8 cm³/mol. The van der Waals surface area contributed by atoms with Crippen LogP contribution in [-0.4, -0.2) is 53.3 Å². The number of fused-ring (bicyclic) bond motifs is 1. The van der Waals surface area contributed by atoms with E-state index in [1.807, 2.05) is 6.92 Å². The van der Waals surface area contributed by atoms with Gasteiger partial charge < -0.3 is 10.1 Å². The Morgan fingerprint density at radius 2 is 1.88 bits per heavy atom. The fourth-order valence-electron chi connectivity index (χ4n) is 3.59. The van der Waals surface area contributed by atoms with E-state index in [1.165, 1.54) is 15.8 Å². The van der Waals surface area contributed by atoms with E-state index in [4.69, 9.17) is 4.74 Å². The van der Waals surface area contributed by atoms with Crippen LogP contribution in [-0.2, 0) is 11.3 Å². The first-order chi connectivity index (χ1) is 11.4. The van der Waals surface area contributed by atoms with Gasteiger partial charge in [0.2, 0.25) is 0 Å². The van der Waals surface area contributed by atoms with Crippen LogP contribution >= 0.6 is 11.3 Å². The van der Waals surface area contributed by atoms with Crippen molar-refractivity contribution >= 4 is 21.6 Å². The second-order valence-corrected chi connectivity index (χ2v) is 7.96. The molecule has 3 heterocycles. The minimum atomic E-state index is 0.336. The molecule has 0 aliphatic carbocycles. The van der Waals surface area contributed by atoms with Gasteiger partial charge in [0.15, 0.2) is 0 Å². The maximum atomic E-state index is 5.79. The monoisotopic (exact) mass is 348 g/mol. The van der Waals surface area contributed by atoms with Gasteiger partial charge in [-0.2, -0.15) is 0 Å². The Morgan fingerprint density at radius 3 is 2.58 bits per heavy atom. The fourth-order valence-corrected chi connectivity index (χ4v) is 4.84. The van der Waals surface area contributed by atoms with Crippen LogP contribution in [0, 0.1) is 20.8 Å². The normalized spacial score (nSPS) is 22.4. The summed E-state index contributed by atoms with van der Waals surface area (Å²) in [6.45, 7) is 15.6. The van der Waals surface area contributed by atoms with Crippen molar-refractivity contribution in [3.8, 4) is 0 Å². The van der Waals surface area contributed by atoms with E-state index in [1.54, 1.807) is 11.3 Å². The van der Waals surface area contributed by atoms with Gasteiger partial charge in [-0.3, -0.25) is 4.90 Å². The molecule has 0 aromatic carbocycles. The summed E-state index contributed by atoms with van der Waals surface area (Å²) in [4.78, 5) is 14.1. The molecule has 132 valence electrons. The molecule has 0 amide bonds. The van der Waals surface area contributed by atoms with Crippen molar-refractivity contribution in [3.63, 3.8) is 0 Å². The van der Waals surface area contributed by atoms with Crippen LogP contribution < -0.4 is 5.32 Å². The Morgan fingerprint density at radius 1 is 1.17 bits per heavy atom. The van der Waals surface area contributed by atoms with Crippen LogP contribution in [0.25, 0.3) is 10.2 Å². The van der Waals surface area contributed by atoms with Crippen molar-refractivity contribution in [3.05, 3.63) is 22.0 Å². The number of thiophene rings is 1. The van der Waals surface area contributed by atoms with E-state index < -0.39 is 0 Å². The second kappa shape index (κ2) is 7.44. The summed E-state index contributed by atoms with van der Waals surface area (Å²) in [5.74, 6) is 0.858. The number of aryl methyl sites for hydroxylation is 3. The zero-order valence-corrected chi connectivity index (χ0v) is 16.2. The Bertz CT molecular complexity index is 705. The van der Waals surface area contributed by atoms with Crippen molar-refractivity contribution < 1.29 is 4.74 Å². The highest BCUT2D eigenvalue weighted by atomic mass is 32.1. The fraction of sp³-hybridized carbons (Fsp3) is 0.667. The van der Waals surface area contributed by atoms with Crippen molar-refractivity contribution in [2.24, 2.45) is 0 Å². The average Bonchev–Trinajstić information content (AvgIpc) is 2.79. The van der Waals surface area contributed by atoms with Crippen molar-refractivity contribution in [2.75, 3.05) is 26.2 Å². The molecule has 0 radical (unpaired) electrons. The molecule has 1 N–H and O–H groups in total. The minimum absolute atomic E-state index is 0.336. The first-order valence-electron chi connectivity index (χ1n) is 8.75. The highest BCUT2D eigenvalue weighted by molar-refractivity contribution is 7.18. The van der Waals surface area contributed by atoms with E-state index in [-0.39, 0.29) is 0 Å². The first kappa shape index (κ1) is 17.7. The van der Waals surface area contributed by atoms with Crippen molar-refractivity contribution in [1.29, 1.82) is 0 Å². The molecule has 24 heavy (non-hydrogen) atoms. The van der Waals surface area contributed by atoms with Gasteiger partial charge in [-0.05, 0) is 40.2 Å². The molecule has 6 heteroatoms. The number of ether oxygens (including phenoxy) is 1. The lowest BCUT2D eigenvalue weighted by molar-refractivity contribution is -0.0674. The van der Waals surface area contributed by atoms with Crippen LogP contribution in [0.2, 0.25) is 0 Å². The molecule has 0 bridgehead atoms. The third-order valence-corrected chi connectivity index (χ3v) is 5.75. The molecule has 1 aliphatic heterocycles. The van der Waals surface area contributed by atoms with Crippen LogP contribution in [0.3, 0.4) is 0 Å². The summed E-state index contributed by atoms with van der Waals surface area (Å²) < 4.78 is 5.79. The van der Waals surface area contributed by atoms with Crippen molar-refractivity contribution in [2.45, 2.75) is 53.4 Å². The molecule has 0 saturated carbocycles. The van der Waals surface area contributed by atoms with E-state index in [0.29, 0.717) is 12.2 Å². The summed E-state index contributed by atoms with van der Waals surface area (Å²) >= 11 is 1.79. The predicted octanol–water partition coefficient (Wildman–Crippen LogP) is 2.82. The number of aromatic nitrogens is 2. The van der Waals surface area contributed by atoms with Gasteiger partial charge in [0.05, 0.1) is 12.2 Å². The van der Waals surface area contributed by atoms with Gasteiger partial charge in [-0.15, -0.1) is 11.3 Å². The maximum Gasteiger partial charge on any atom is 0.127 e. The standard InChI is InChI=1S/C18H28N4OS/c1-11-9-22(10-12(2)23-11)7-6-19-8-16-13(3)17-14(4)20-15(5)21-18(17)24-16/h11-12,19H,6-10H2,1-5H3/t11-,12-/m1/s1. The molecule has 1 saturated heterocycles. The topological polar surface area (TPSA) is 50.3 Å². The van der Waals surface area contributed by atoms with E-state index >= 15 is 0 Å². The highest BCUT2D eigenvalue weighted by Gasteiger charge is 2.21. The molecule has 5 nitrogen and oxygen atoms in total. The second-order valence-electron chi connectivity index (χ2n) is 6.88. The van der Waals surface area contributed by atoms with Gasteiger partial charge in [0.1, 0.15) is 10.7 Å². The molecule has 2 aromatic rings. The molecular weight excluding hydrogens is 320 g/mol. The van der Waals surface area contributed by atoms with E-state index in [2.05, 4.69) is 47.9 Å². The molecule has 1 fully saturated rings. The largest absolute Gasteiger partial charge is 0.373 e. The van der Waals surface area contributed by atoms with E-state index in [0.717, 1.165) is 49.1 Å². The van der Waals surface area contributed by atoms with Gasteiger partial charge in [0, 0.05) is 48.7 Å². The zero-order valence-electron chi connectivity index (χ0n) is 15.3. The smallest absolute Gasteiger partial charge is 0.127 e. The van der Waals surface area contributed by atoms with Crippen LogP contribution in [0.1, 0.15) is 35.8 Å². The summed E-state index contributed by atoms with van der Waals surface area (Å²) in [5, 5.41) is 4.83.